The van der Waals surface area contributed by atoms with Gasteiger partial charge in [0.2, 0.25) is 0 Å². The maximum absolute atomic E-state index is 4.31. The maximum atomic E-state index is 4.31. The number of aromatic amines is 1. The molecule has 4 nitrogen and oxygen atoms in total. The summed E-state index contributed by atoms with van der Waals surface area (Å²) in [5, 5.41) is 3.45. The quantitative estimate of drug-likeness (QED) is 0.878. The van der Waals surface area contributed by atoms with Crippen molar-refractivity contribution in [1.82, 2.24) is 14.9 Å². The van der Waals surface area contributed by atoms with Gasteiger partial charge in [-0.2, -0.15) is 0 Å². The summed E-state index contributed by atoms with van der Waals surface area (Å²) in [6.45, 7) is 6.36. The van der Waals surface area contributed by atoms with Crippen molar-refractivity contribution in [3.63, 3.8) is 0 Å². The Hall–Kier alpha value is -1.81. The molecular formula is C16H22N4. The first-order valence-corrected chi connectivity index (χ1v) is 7.35. The number of hydrogen-bond donors (Lipinski definition) is 2. The number of rotatable bonds is 5. The summed E-state index contributed by atoms with van der Waals surface area (Å²) in [6, 6.07) is 8.71. The summed E-state index contributed by atoms with van der Waals surface area (Å²) >= 11 is 0. The van der Waals surface area contributed by atoms with Gasteiger partial charge >= 0.3 is 0 Å². The molecule has 106 valence electrons. The Morgan fingerprint density at radius 1 is 1.30 bits per heavy atom. The zero-order chi connectivity index (χ0) is 13.8. The van der Waals surface area contributed by atoms with Gasteiger partial charge in [-0.15, -0.1) is 0 Å². The van der Waals surface area contributed by atoms with Crippen molar-refractivity contribution in [2.24, 2.45) is 0 Å². The minimum atomic E-state index is 0.766. The van der Waals surface area contributed by atoms with Crippen LogP contribution in [0.1, 0.15) is 29.8 Å². The minimum absolute atomic E-state index is 0.766. The molecule has 3 rings (SSSR count). The van der Waals surface area contributed by atoms with Gasteiger partial charge in [-0.25, -0.2) is 4.98 Å². The van der Waals surface area contributed by atoms with Crippen LogP contribution in [0.4, 0.5) is 5.69 Å². The second kappa shape index (κ2) is 6.09. The molecule has 0 saturated carbocycles. The van der Waals surface area contributed by atoms with Gasteiger partial charge in [0.1, 0.15) is 0 Å². The van der Waals surface area contributed by atoms with Crippen LogP contribution in [-0.2, 0) is 13.1 Å². The Balaban J connectivity index is 1.60. The Morgan fingerprint density at radius 3 is 2.90 bits per heavy atom. The number of anilines is 1. The van der Waals surface area contributed by atoms with E-state index in [1.807, 2.05) is 6.92 Å². The topological polar surface area (TPSA) is 44.0 Å². The van der Waals surface area contributed by atoms with Crippen molar-refractivity contribution in [1.29, 1.82) is 0 Å². The fraction of sp³-hybridized carbons (Fsp3) is 0.438. The second-order valence-corrected chi connectivity index (χ2v) is 5.51. The third-order valence-corrected chi connectivity index (χ3v) is 3.93. The van der Waals surface area contributed by atoms with Crippen molar-refractivity contribution in [3.8, 4) is 0 Å². The molecule has 2 heterocycles. The zero-order valence-electron chi connectivity index (χ0n) is 12.0. The third kappa shape index (κ3) is 3.20. The van der Waals surface area contributed by atoms with Crippen LogP contribution in [0, 0.1) is 6.92 Å². The SMILES string of the molecule is Cc1[nH]cnc1CNc1cccc(CN2CCCC2)c1. The van der Waals surface area contributed by atoms with Crippen LogP contribution in [0.2, 0.25) is 0 Å². The predicted octanol–water partition coefficient (Wildman–Crippen LogP) is 2.93. The van der Waals surface area contributed by atoms with E-state index in [2.05, 4.69) is 44.5 Å². The molecule has 0 aliphatic carbocycles. The Morgan fingerprint density at radius 2 is 2.15 bits per heavy atom. The first kappa shape index (κ1) is 13.2. The third-order valence-electron chi connectivity index (χ3n) is 3.93. The molecule has 1 aliphatic heterocycles. The molecule has 2 N–H and O–H groups in total. The molecule has 0 unspecified atom stereocenters. The highest BCUT2D eigenvalue weighted by Crippen LogP contribution is 2.16. The van der Waals surface area contributed by atoms with Crippen LogP contribution in [0.5, 0.6) is 0 Å². The summed E-state index contributed by atoms with van der Waals surface area (Å²) in [4.78, 5) is 9.94. The molecular weight excluding hydrogens is 248 g/mol. The number of imidazole rings is 1. The van der Waals surface area contributed by atoms with Gasteiger partial charge in [0.05, 0.1) is 18.6 Å². The number of nitrogens with one attached hydrogen (secondary N) is 2. The van der Waals surface area contributed by atoms with Gasteiger partial charge in [0, 0.05) is 17.9 Å². The highest BCUT2D eigenvalue weighted by atomic mass is 15.1. The average molecular weight is 270 g/mol. The molecule has 0 atom stereocenters. The fourth-order valence-electron chi connectivity index (χ4n) is 2.73. The van der Waals surface area contributed by atoms with Crippen molar-refractivity contribution in [2.75, 3.05) is 18.4 Å². The van der Waals surface area contributed by atoms with E-state index in [0.29, 0.717) is 0 Å². The van der Waals surface area contributed by atoms with Crippen LogP contribution in [0.3, 0.4) is 0 Å². The van der Waals surface area contributed by atoms with Crippen LogP contribution in [-0.4, -0.2) is 28.0 Å². The number of aryl methyl sites for hydroxylation is 1. The number of benzene rings is 1. The molecule has 0 radical (unpaired) electrons. The number of aromatic nitrogens is 2. The normalized spacial score (nSPS) is 15.7. The molecule has 0 amide bonds. The highest BCUT2D eigenvalue weighted by Gasteiger charge is 2.11. The zero-order valence-corrected chi connectivity index (χ0v) is 12.0. The highest BCUT2D eigenvalue weighted by molar-refractivity contribution is 5.46. The van der Waals surface area contributed by atoms with Crippen LogP contribution in [0.15, 0.2) is 30.6 Å². The van der Waals surface area contributed by atoms with Gasteiger partial charge in [-0.3, -0.25) is 4.90 Å². The average Bonchev–Trinajstić information content (AvgIpc) is 3.09. The molecule has 1 fully saturated rings. The van der Waals surface area contributed by atoms with Gasteiger partial charge < -0.3 is 10.3 Å². The van der Waals surface area contributed by atoms with E-state index in [4.69, 9.17) is 0 Å². The molecule has 0 bridgehead atoms. The van der Waals surface area contributed by atoms with E-state index >= 15 is 0 Å². The Labute approximate surface area is 120 Å². The lowest BCUT2D eigenvalue weighted by atomic mass is 10.2. The maximum Gasteiger partial charge on any atom is 0.0925 e. The molecule has 0 spiro atoms. The predicted molar refractivity (Wildman–Crippen MR) is 81.6 cm³/mol. The molecule has 1 saturated heterocycles. The summed E-state index contributed by atoms with van der Waals surface area (Å²) in [6.07, 6.45) is 4.43. The van der Waals surface area contributed by atoms with Crippen molar-refractivity contribution in [3.05, 3.63) is 47.5 Å². The summed E-state index contributed by atoms with van der Waals surface area (Å²) in [7, 11) is 0. The summed E-state index contributed by atoms with van der Waals surface area (Å²) in [5.41, 5.74) is 4.76. The van der Waals surface area contributed by atoms with Gasteiger partial charge in [0.25, 0.3) is 0 Å². The lowest BCUT2D eigenvalue weighted by molar-refractivity contribution is 0.331. The van der Waals surface area contributed by atoms with Gasteiger partial charge in [0.15, 0.2) is 0 Å². The molecule has 1 aliphatic rings. The smallest absolute Gasteiger partial charge is 0.0925 e. The van der Waals surface area contributed by atoms with E-state index in [1.54, 1.807) is 6.33 Å². The molecule has 20 heavy (non-hydrogen) atoms. The largest absolute Gasteiger partial charge is 0.379 e. The minimum Gasteiger partial charge on any atom is -0.379 e. The Bertz CT molecular complexity index is 555. The summed E-state index contributed by atoms with van der Waals surface area (Å²) < 4.78 is 0. The first-order chi connectivity index (χ1) is 9.81. The van der Waals surface area contributed by atoms with E-state index in [9.17, 15) is 0 Å². The lowest BCUT2D eigenvalue weighted by Gasteiger charge is -2.15. The van der Waals surface area contributed by atoms with Crippen LogP contribution in [0.25, 0.3) is 0 Å². The Kier molecular flexibility index (Phi) is 4.02. The molecule has 4 heteroatoms. The van der Waals surface area contributed by atoms with E-state index < -0.39 is 0 Å². The van der Waals surface area contributed by atoms with Crippen LogP contribution >= 0.6 is 0 Å². The van der Waals surface area contributed by atoms with Crippen LogP contribution < -0.4 is 5.32 Å². The first-order valence-electron chi connectivity index (χ1n) is 7.35. The van der Waals surface area contributed by atoms with Crippen molar-refractivity contribution < 1.29 is 0 Å². The number of H-pyrrole nitrogens is 1. The van der Waals surface area contributed by atoms with E-state index in [-0.39, 0.29) is 0 Å². The van der Waals surface area contributed by atoms with E-state index in [1.165, 1.54) is 37.2 Å². The van der Waals surface area contributed by atoms with Crippen molar-refractivity contribution in [2.45, 2.75) is 32.9 Å². The van der Waals surface area contributed by atoms with Gasteiger partial charge in [-0.05, 0) is 50.6 Å². The standard InChI is InChI=1S/C16H22N4/c1-13-16(19-12-18-13)10-17-15-6-4-5-14(9-15)11-20-7-2-3-8-20/h4-6,9,12,17H,2-3,7-8,10-11H2,1H3,(H,18,19). The number of likely N-dealkylation sites (tertiary alicyclic amines) is 1. The van der Waals surface area contributed by atoms with E-state index in [0.717, 1.165) is 24.5 Å². The summed E-state index contributed by atoms with van der Waals surface area (Å²) in [5.74, 6) is 0. The molecule has 1 aromatic carbocycles. The van der Waals surface area contributed by atoms with Gasteiger partial charge in [-0.1, -0.05) is 12.1 Å². The monoisotopic (exact) mass is 270 g/mol. The fourth-order valence-corrected chi connectivity index (χ4v) is 2.73. The van der Waals surface area contributed by atoms with Crippen molar-refractivity contribution >= 4 is 5.69 Å². The lowest BCUT2D eigenvalue weighted by Crippen LogP contribution is -2.18. The number of nitrogens with zero attached hydrogens (tertiary/aromatic N) is 2. The molecule has 1 aromatic heterocycles. The number of hydrogen-bond acceptors (Lipinski definition) is 3. The molecule has 2 aromatic rings. The second-order valence-electron chi connectivity index (χ2n) is 5.51.